The van der Waals surface area contributed by atoms with Crippen LogP contribution in [-0.2, 0) is 4.74 Å². The second-order valence-corrected chi connectivity index (χ2v) is 7.87. The van der Waals surface area contributed by atoms with Gasteiger partial charge in [-0.3, -0.25) is 4.98 Å². The van der Waals surface area contributed by atoms with Crippen LogP contribution < -0.4 is 5.32 Å². The third-order valence-corrected chi connectivity index (χ3v) is 5.95. The van der Waals surface area contributed by atoms with Gasteiger partial charge in [0, 0.05) is 24.9 Å². The summed E-state index contributed by atoms with van der Waals surface area (Å²) in [4.78, 5) is 6.79. The fraction of sp³-hybridized carbons (Fsp3) is 0.304. The van der Waals surface area contributed by atoms with Crippen LogP contribution >= 0.6 is 12.2 Å². The Morgan fingerprint density at radius 3 is 2.69 bits per heavy atom. The molecule has 1 aromatic carbocycles. The maximum absolute atomic E-state index is 6.34. The van der Waals surface area contributed by atoms with E-state index in [1.54, 1.807) is 0 Å². The summed E-state index contributed by atoms with van der Waals surface area (Å²) < 4.78 is 12.2. The van der Waals surface area contributed by atoms with E-state index in [-0.39, 0.29) is 18.2 Å². The van der Waals surface area contributed by atoms with Gasteiger partial charge in [-0.05, 0) is 49.3 Å². The molecule has 29 heavy (non-hydrogen) atoms. The van der Waals surface area contributed by atoms with Gasteiger partial charge in [-0.15, -0.1) is 0 Å². The Morgan fingerprint density at radius 2 is 1.93 bits per heavy atom. The zero-order valence-corrected chi connectivity index (χ0v) is 16.8. The number of furan rings is 1. The van der Waals surface area contributed by atoms with Gasteiger partial charge >= 0.3 is 0 Å². The van der Waals surface area contributed by atoms with Gasteiger partial charge in [0.15, 0.2) is 5.11 Å². The summed E-state index contributed by atoms with van der Waals surface area (Å²) in [7, 11) is 0. The number of nitrogens with zero attached hydrogens (tertiary/aromatic N) is 2. The van der Waals surface area contributed by atoms with Crippen LogP contribution in [0, 0.1) is 0 Å². The molecule has 2 aromatic heterocycles. The van der Waals surface area contributed by atoms with E-state index >= 15 is 0 Å². The van der Waals surface area contributed by atoms with Crippen molar-refractivity contribution in [3.63, 3.8) is 0 Å². The standard InChI is InChI=1S/C23H23N3O2S/c29-23-25-21(18-10-4-5-13-24-18)22(26(23)15-17-9-6-14-27-17)20-12-11-19(28-20)16-7-2-1-3-8-16/h1-5,7-8,10-13,17,21-22H,6,9,14-15H2,(H,25,29)/t17-,21+,22-/m0/s1. The van der Waals surface area contributed by atoms with Crippen LogP contribution in [0.25, 0.3) is 11.3 Å². The summed E-state index contributed by atoms with van der Waals surface area (Å²) in [5.74, 6) is 1.74. The number of hydrogen-bond acceptors (Lipinski definition) is 4. The zero-order valence-electron chi connectivity index (χ0n) is 16.0. The summed E-state index contributed by atoms with van der Waals surface area (Å²) in [6, 6.07) is 20.1. The van der Waals surface area contributed by atoms with Gasteiger partial charge in [0.2, 0.25) is 0 Å². The van der Waals surface area contributed by atoms with E-state index in [1.165, 1.54) is 0 Å². The number of thiocarbonyl (C=S) groups is 1. The molecular weight excluding hydrogens is 382 g/mol. The van der Waals surface area contributed by atoms with Gasteiger partial charge in [0.05, 0.1) is 17.8 Å². The van der Waals surface area contributed by atoms with Gasteiger partial charge in [0.1, 0.15) is 17.6 Å². The smallest absolute Gasteiger partial charge is 0.170 e. The molecule has 4 heterocycles. The average Bonchev–Trinajstić information content (AvgIpc) is 3.51. The Morgan fingerprint density at radius 1 is 1.07 bits per heavy atom. The molecule has 0 unspecified atom stereocenters. The van der Waals surface area contributed by atoms with Crippen LogP contribution in [0.4, 0.5) is 0 Å². The van der Waals surface area contributed by atoms with Crippen LogP contribution in [-0.4, -0.2) is 34.3 Å². The van der Waals surface area contributed by atoms with Crippen molar-refractivity contribution in [3.8, 4) is 11.3 Å². The third-order valence-electron chi connectivity index (χ3n) is 5.60. The molecule has 0 radical (unpaired) electrons. The van der Waals surface area contributed by atoms with Crippen molar-refractivity contribution >= 4 is 17.3 Å². The second-order valence-electron chi connectivity index (χ2n) is 7.48. The summed E-state index contributed by atoms with van der Waals surface area (Å²) in [5, 5.41) is 4.19. The number of aromatic nitrogens is 1. The number of ether oxygens (including phenoxy) is 1. The molecule has 3 atom stereocenters. The van der Waals surface area contributed by atoms with Crippen LogP contribution in [0.2, 0.25) is 0 Å². The van der Waals surface area contributed by atoms with E-state index in [0.29, 0.717) is 0 Å². The van der Waals surface area contributed by atoms with Gasteiger partial charge < -0.3 is 19.4 Å². The predicted molar refractivity (Wildman–Crippen MR) is 115 cm³/mol. The molecule has 2 aliphatic rings. The minimum atomic E-state index is -0.0703. The minimum Gasteiger partial charge on any atom is -0.459 e. The molecule has 5 rings (SSSR count). The highest BCUT2D eigenvalue weighted by Crippen LogP contribution is 2.40. The maximum atomic E-state index is 6.34. The highest BCUT2D eigenvalue weighted by Gasteiger charge is 2.42. The molecule has 2 saturated heterocycles. The van der Waals surface area contributed by atoms with Crippen molar-refractivity contribution in [2.45, 2.75) is 31.0 Å². The van der Waals surface area contributed by atoms with Crippen LogP contribution in [0.1, 0.15) is 36.4 Å². The van der Waals surface area contributed by atoms with Crippen LogP contribution in [0.3, 0.4) is 0 Å². The summed E-state index contributed by atoms with van der Waals surface area (Å²) >= 11 is 5.72. The lowest BCUT2D eigenvalue weighted by molar-refractivity contribution is 0.0818. The van der Waals surface area contributed by atoms with Crippen molar-refractivity contribution in [1.82, 2.24) is 15.2 Å². The van der Waals surface area contributed by atoms with Gasteiger partial charge in [-0.1, -0.05) is 36.4 Å². The normalized spacial score (nSPS) is 24.1. The van der Waals surface area contributed by atoms with E-state index < -0.39 is 0 Å². The van der Waals surface area contributed by atoms with E-state index in [0.717, 1.165) is 53.9 Å². The quantitative estimate of drug-likeness (QED) is 0.631. The van der Waals surface area contributed by atoms with E-state index in [9.17, 15) is 0 Å². The Kier molecular flexibility index (Phi) is 5.04. The summed E-state index contributed by atoms with van der Waals surface area (Å²) in [6.07, 6.45) is 4.18. The molecular formula is C23H23N3O2S. The molecule has 2 aliphatic heterocycles. The first-order valence-corrected chi connectivity index (χ1v) is 10.5. The number of benzene rings is 1. The highest BCUT2D eigenvalue weighted by molar-refractivity contribution is 7.80. The SMILES string of the molecule is S=C1N[C@H](c2ccccn2)[C@H](c2ccc(-c3ccccc3)o2)N1C[C@@H]1CCCO1. The molecule has 1 N–H and O–H groups in total. The monoisotopic (exact) mass is 405 g/mol. The van der Waals surface area contributed by atoms with E-state index in [4.69, 9.17) is 21.4 Å². The molecule has 3 aromatic rings. The van der Waals surface area contributed by atoms with Gasteiger partial charge in [0.25, 0.3) is 0 Å². The molecule has 0 bridgehead atoms. The molecule has 0 amide bonds. The maximum Gasteiger partial charge on any atom is 0.170 e. The first-order chi connectivity index (χ1) is 14.3. The molecule has 0 spiro atoms. The number of pyridine rings is 1. The zero-order chi connectivity index (χ0) is 19.6. The summed E-state index contributed by atoms with van der Waals surface area (Å²) in [6.45, 7) is 1.58. The van der Waals surface area contributed by atoms with Crippen molar-refractivity contribution in [1.29, 1.82) is 0 Å². The van der Waals surface area contributed by atoms with Crippen molar-refractivity contribution in [2.24, 2.45) is 0 Å². The van der Waals surface area contributed by atoms with E-state index in [1.807, 2.05) is 48.7 Å². The van der Waals surface area contributed by atoms with Crippen LogP contribution in [0.15, 0.2) is 71.3 Å². The first kappa shape index (κ1) is 18.3. The number of rotatable bonds is 5. The Balaban J connectivity index is 1.50. The highest BCUT2D eigenvalue weighted by atomic mass is 32.1. The minimum absolute atomic E-state index is 0.0696. The molecule has 5 nitrogen and oxygen atoms in total. The lowest BCUT2D eigenvalue weighted by atomic mass is 10.0. The third kappa shape index (κ3) is 3.66. The first-order valence-electron chi connectivity index (χ1n) is 10.0. The van der Waals surface area contributed by atoms with Crippen molar-refractivity contribution in [3.05, 3.63) is 78.3 Å². The number of hydrogen-bond donors (Lipinski definition) is 1. The molecule has 0 aliphatic carbocycles. The van der Waals surface area contributed by atoms with Crippen molar-refractivity contribution in [2.75, 3.05) is 13.2 Å². The van der Waals surface area contributed by atoms with Crippen molar-refractivity contribution < 1.29 is 9.15 Å². The van der Waals surface area contributed by atoms with Crippen LogP contribution in [0.5, 0.6) is 0 Å². The molecule has 0 saturated carbocycles. The Labute approximate surface area is 175 Å². The second kappa shape index (κ2) is 7.97. The lowest BCUT2D eigenvalue weighted by Crippen LogP contribution is -2.36. The Bertz CT molecular complexity index is 970. The fourth-order valence-electron chi connectivity index (χ4n) is 4.19. The Hall–Kier alpha value is -2.70. The largest absolute Gasteiger partial charge is 0.459 e. The van der Waals surface area contributed by atoms with Gasteiger partial charge in [-0.2, -0.15) is 0 Å². The predicted octanol–water partition coefficient (Wildman–Crippen LogP) is 4.49. The number of nitrogens with one attached hydrogen (secondary N) is 1. The fourth-order valence-corrected chi connectivity index (χ4v) is 4.50. The average molecular weight is 406 g/mol. The topological polar surface area (TPSA) is 50.5 Å². The molecule has 6 heteroatoms. The molecule has 148 valence electrons. The molecule has 2 fully saturated rings. The summed E-state index contributed by atoms with van der Waals surface area (Å²) in [5.41, 5.74) is 2.01. The lowest BCUT2D eigenvalue weighted by Gasteiger charge is -2.28. The van der Waals surface area contributed by atoms with E-state index in [2.05, 4.69) is 33.4 Å². The van der Waals surface area contributed by atoms with Gasteiger partial charge in [-0.25, -0.2) is 0 Å².